The SMILES string of the molecule is CC(C)Nc1nc(Cl)nc(N[C@@H](C)c2ccccc2)n1. The summed E-state index contributed by atoms with van der Waals surface area (Å²) in [6.45, 7) is 6.07. The Hall–Kier alpha value is -1.88. The Morgan fingerprint density at radius 3 is 2.10 bits per heavy atom. The van der Waals surface area contributed by atoms with Crippen molar-refractivity contribution in [3.8, 4) is 0 Å². The van der Waals surface area contributed by atoms with Crippen LogP contribution in [0.1, 0.15) is 32.4 Å². The first-order chi connectivity index (χ1) is 9.54. The van der Waals surface area contributed by atoms with E-state index in [1.165, 1.54) is 0 Å². The van der Waals surface area contributed by atoms with Gasteiger partial charge in [-0.3, -0.25) is 0 Å². The molecule has 2 N–H and O–H groups in total. The Morgan fingerprint density at radius 1 is 0.900 bits per heavy atom. The minimum Gasteiger partial charge on any atom is -0.352 e. The molecule has 0 amide bonds. The van der Waals surface area contributed by atoms with Gasteiger partial charge in [-0.2, -0.15) is 15.0 Å². The van der Waals surface area contributed by atoms with Gasteiger partial charge in [-0.15, -0.1) is 0 Å². The monoisotopic (exact) mass is 291 g/mol. The highest BCUT2D eigenvalue weighted by molar-refractivity contribution is 6.28. The van der Waals surface area contributed by atoms with E-state index in [0.717, 1.165) is 5.56 Å². The molecule has 0 aliphatic carbocycles. The smallest absolute Gasteiger partial charge is 0.229 e. The molecule has 6 heteroatoms. The lowest BCUT2D eigenvalue weighted by Crippen LogP contribution is -2.15. The maximum Gasteiger partial charge on any atom is 0.229 e. The summed E-state index contributed by atoms with van der Waals surface area (Å²) in [7, 11) is 0. The van der Waals surface area contributed by atoms with E-state index in [1.807, 2.05) is 51.1 Å². The lowest BCUT2D eigenvalue weighted by atomic mass is 10.1. The van der Waals surface area contributed by atoms with Gasteiger partial charge in [-0.1, -0.05) is 30.3 Å². The van der Waals surface area contributed by atoms with Gasteiger partial charge in [0, 0.05) is 6.04 Å². The number of nitrogens with one attached hydrogen (secondary N) is 2. The topological polar surface area (TPSA) is 62.7 Å². The summed E-state index contributed by atoms with van der Waals surface area (Å²) < 4.78 is 0. The molecule has 0 fully saturated rings. The first-order valence-electron chi connectivity index (χ1n) is 6.54. The normalized spacial score (nSPS) is 12.2. The van der Waals surface area contributed by atoms with Crippen molar-refractivity contribution in [1.82, 2.24) is 15.0 Å². The first-order valence-corrected chi connectivity index (χ1v) is 6.92. The van der Waals surface area contributed by atoms with E-state index in [4.69, 9.17) is 11.6 Å². The van der Waals surface area contributed by atoms with Gasteiger partial charge in [0.05, 0.1) is 6.04 Å². The van der Waals surface area contributed by atoms with Crippen LogP contribution in [0, 0.1) is 0 Å². The van der Waals surface area contributed by atoms with Crippen LogP contribution in [-0.4, -0.2) is 21.0 Å². The molecule has 1 atom stereocenters. The average Bonchev–Trinajstić information content (AvgIpc) is 2.38. The van der Waals surface area contributed by atoms with Gasteiger partial charge in [0.15, 0.2) is 0 Å². The summed E-state index contributed by atoms with van der Waals surface area (Å²) in [6, 6.07) is 10.4. The van der Waals surface area contributed by atoms with Crippen LogP contribution >= 0.6 is 11.6 Å². The zero-order valence-electron chi connectivity index (χ0n) is 11.8. The third kappa shape index (κ3) is 4.06. The van der Waals surface area contributed by atoms with Crippen LogP contribution < -0.4 is 10.6 Å². The lowest BCUT2D eigenvalue weighted by molar-refractivity contribution is 0.837. The van der Waals surface area contributed by atoms with Crippen LogP contribution in [0.5, 0.6) is 0 Å². The number of aromatic nitrogens is 3. The summed E-state index contributed by atoms with van der Waals surface area (Å²) in [5.74, 6) is 0.937. The molecule has 0 bridgehead atoms. The van der Waals surface area contributed by atoms with Crippen LogP contribution in [0.2, 0.25) is 5.28 Å². The maximum atomic E-state index is 5.92. The number of rotatable bonds is 5. The largest absolute Gasteiger partial charge is 0.352 e. The number of anilines is 2. The summed E-state index contributed by atoms with van der Waals surface area (Å²) in [5, 5.41) is 6.51. The Kier molecular flexibility index (Phi) is 4.74. The van der Waals surface area contributed by atoms with Crippen LogP contribution in [-0.2, 0) is 0 Å². The quantitative estimate of drug-likeness (QED) is 0.882. The minimum atomic E-state index is 0.0848. The molecule has 0 spiro atoms. The van der Waals surface area contributed by atoms with E-state index in [2.05, 4.69) is 25.6 Å². The van der Waals surface area contributed by atoms with Crippen molar-refractivity contribution in [2.24, 2.45) is 0 Å². The Morgan fingerprint density at radius 2 is 1.50 bits per heavy atom. The number of nitrogens with zero attached hydrogens (tertiary/aromatic N) is 3. The van der Waals surface area contributed by atoms with Gasteiger partial charge in [0.1, 0.15) is 0 Å². The molecule has 0 aliphatic rings. The van der Waals surface area contributed by atoms with Crippen molar-refractivity contribution < 1.29 is 0 Å². The van der Waals surface area contributed by atoms with Gasteiger partial charge < -0.3 is 10.6 Å². The predicted octanol–water partition coefficient (Wildman–Crippen LogP) is 3.52. The van der Waals surface area contributed by atoms with E-state index in [1.54, 1.807) is 0 Å². The van der Waals surface area contributed by atoms with E-state index in [0.29, 0.717) is 11.9 Å². The van der Waals surface area contributed by atoms with Crippen molar-refractivity contribution in [2.45, 2.75) is 32.9 Å². The zero-order chi connectivity index (χ0) is 14.5. The average molecular weight is 292 g/mol. The fourth-order valence-electron chi connectivity index (χ4n) is 1.76. The van der Waals surface area contributed by atoms with Crippen LogP contribution in [0.15, 0.2) is 30.3 Å². The molecule has 1 heterocycles. The highest BCUT2D eigenvalue weighted by Gasteiger charge is 2.10. The Balaban J connectivity index is 2.14. The van der Waals surface area contributed by atoms with Crippen LogP contribution in [0.25, 0.3) is 0 Å². The van der Waals surface area contributed by atoms with Crippen molar-refractivity contribution in [3.63, 3.8) is 0 Å². The van der Waals surface area contributed by atoms with E-state index in [-0.39, 0.29) is 17.4 Å². The molecular weight excluding hydrogens is 274 g/mol. The minimum absolute atomic E-state index is 0.0848. The van der Waals surface area contributed by atoms with Crippen LogP contribution in [0.3, 0.4) is 0 Å². The van der Waals surface area contributed by atoms with Crippen LogP contribution in [0.4, 0.5) is 11.9 Å². The van der Waals surface area contributed by atoms with Gasteiger partial charge in [-0.25, -0.2) is 0 Å². The second kappa shape index (κ2) is 6.52. The van der Waals surface area contributed by atoms with Crippen molar-refractivity contribution in [3.05, 3.63) is 41.2 Å². The number of benzene rings is 1. The van der Waals surface area contributed by atoms with Gasteiger partial charge in [0.2, 0.25) is 17.2 Å². The summed E-state index contributed by atoms with van der Waals surface area (Å²) in [5.41, 5.74) is 1.16. The fraction of sp³-hybridized carbons (Fsp3) is 0.357. The van der Waals surface area contributed by atoms with Gasteiger partial charge in [-0.05, 0) is 37.9 Å². The standard InChI is InChI=1S/C14H18ClN5/c1-9(2)16-13-18-12(15)19-14(20-13)17-10(3)11-7-5-4-6-8-11/h4-10H,1-3H3,(H2,16,17,18,19,20)/t10-/m0/s1. The third-order valence-corrected chi connectivity index (χ3v) is 2.84. The molecule has 0 aliphatic heterocycles. The highest BCUT2D eigenvalue weighted by atomic mass is 35.5. The van der Waals surface area contributed by atoms with E-state index >= 15 is 0 Å². The third-order valence-electron chi connectivity index (χ3n) is 2.67. The Labute approximate surface area is 123 Å². The summed E-state index contributed by atoms with van der Waals surface area (Å²) in [4.78, 5) is 12.5. The first kappa shape index (κ1) is 14.5. The molecule has 2 aromatic rings. The van der Waals surface area contributed by atoms with Crippen molar-refractivity contribution >= 4 is 23.5 Å². The molecule has 0 saturated carbocycles. The van der Waals surface area contributed by atoms with Crippen molar-refractivity contribution in [2.75, 3.05) is 10.6 Å². The zero-order valence-corrected chi connectivity index (χ0v) is 12.5. The van der Waals surface area contributed by atoms with Crippen molar-refractivity contribution in [1.29, 1.82) is 0 Å². The maximum absolute atomic E-state index is 5.92. The molecule has 0 saturated heterocycles. The summed E-state index contributed by atoms with van der Waals surface area (Å²) in [6.07, 6.45) is 0. The molecule has 0 unspecified atom stereocenters. The molecule has 1 aromatic heterocycles. The number of halogens is 1. The molecule has 0 radical (unpaired) electrons. The Bertz CT molecular complexity index is 559. The van der Waals surface area contributed by atoms with Gasteiger partial charge in [0.25, 0.3) is 0 Å². The predicted molar refractivity (Wildman–Crippen MR) is 82.1 cm³/mol. The van der Waals surface area contributed by atoms with Gasteiger partial charge >= 0.3 is 0 Å². The molecule has 2 rings (SSSR count). The number of hydrogen-bond donors (Lipinski definition) is 2. The number of hydrogen-bond acceptors (Lipinski definition) is 5. The highest BCUT2D eigenvalue weighted by Crippen LogP contribution is 2.18. The molecule has 5 nitrogen and oxygen atoms in total. The second-order valence-electron chi connectivity index (χ2n) is 4.83. The molecular formula is C14H18ClN5. The van der Waals surface area contributed by atoms with E-state index < -0.39 is 0 Å². The summed E-state index contributed by atoms with van der Waals surface area (Å²) >= 11 is 5.92. The second-order valence-corrected chi connectivity index (χ2v) is 5.17. The fourth-order valence-corrected chi connectivity index (χ4v) is 1.92. The molecule has 106 valence electrons. The molecule has 20 heavy (non-hydrogen) atoms. The molecule has 1 aromatic carbocycles. The lowest BCUT2D eigenvalue weighted by Gasteiger charge is -2.15. The van der Waals surface area contributed by atoms with E-state index in [9.17, 15) is 0 Å².